The molecule has 0 saturated heterocycles. The van der Waals surface area contributed by atoms with Crippen LogP contribution in [0.4, 0.5) is 0 Å². The minimum absolute atomic E-state index is 0.0599. The molecule has 8 N–H and O–H groups in total. The fourth-order valence-corrected chi connectivity index (χ4v) is 0.898. The first-order valence-corrected chi connectivity index (χ1v) is 4.08. The van der Waals surface area contributed by atoms with Gasteiger partial charge in [0.25, 0.3) is 0 Å². The standard InChI is InChI=1S/C8H12N6/c9-7(10)14-8(11)13-5-6-1-3-12-4-2-6/h1-4H,5H2,(H6,9,10,11,13,14)/p+2. The van der Waals surface area contributed by atoms with E-state index in [1.165, 1.54) is 0 Å². The molecule has 1 rings (SSSR count). The van der Waals surface area contributed by atoms with Gasteiger partial charge >= 0.3 is 11.9 Å². The van der Waals surface area contributed by atoms with Gasteiger partial charge in [0.1, 0.15) is 0 Å². The Morgan fingerprint density at radius 2 is 1.86 bits per heavy atom. The largest absolute Gasteiger partial charge is 0.385 e. The Morgan fingerprint density at radius 3 is 2.43 bits per heavy atom. The molecule has 0 unspecified atom stereocenters. The molecule has 6 heteroatoms. The molecule has 0 atom stereocenters. The number of nitrogens with two attached hydrogens (primary N) is 3. The summed E-state index contributed by atoms with van der Waals surface area (Å²) < 4.78 is 0. The van der Waals surface area contributed by atoms with E-state index < -0.39 is 0 Å². The van der Waals surface area contributed by atoms with Crippen molar-refractivity contribution in [2.75, 3.05) is 0 Å². The fraction of sp³-hybridized carbons (Fsp3) is 0.125. The van der Waals surface area contributed by atoms with Crippen molar-refractivity contribution in [2.24, 2.45) is 17.2 Å². The number of hydrogen-bond acceptors (Lipinski definition) is 1. The maximum Gasteiger partial charge on any atom is 0.385 e. The van der Waals surface area contributed by atoms with E-state index in [0.717, 1.165) is 5.56 Å². The first kappa shape index (κ1) is 9.97. The second-order valence-corrected chi connectivity index (χ2v) is 2.70. The summed E-state index contributed by atoms with van der Waals surface area (Å²) in [6.07, 6.45) is 3.42. The summed E-state index contributed by atoms with van der Waals surface area (Å²) in [6.45, 7) is 0.592. The van der Waals surface area contributed by atoms with Crippen molar-refractivity contribution in [3.63, 3.8) is 0 Å². The third-order valence-corrected chi connectivity index (χ3v) is 1.51. The molecule has 0 aliphatic heterocycles. The summed E-state index contributed by atoms with van der Waals surface area (Å²) >= 11 is 0. The van der Waals surface area contributed by atoms with E-state index in [0.29, 0.717) is 12.5 Å². The molecule has 0 amide bonds. The maximum atomic E-state index is 5.52. The quantitative estimate of drug-likeness (QED) is 0.240. The molecule has 1 aromatic rings. The summed E-state index contributed by atoms with van der Waals surface area (Å²) in [5.74, 6) is 0.381. The SMILES string of the molecule is NC(N)=[NH+]C(N)=[NH+]Cc1ccncc1. The second-order valence-electron chi connectivity index (χ2n) is 2.70. The topological polar surface area (TPSA) is 119 Å². The smallest absolute Gasteiger partial charge is 0.275 e. The Bertz CT molecular complexity index is 338. The summed E-state index contributed by atoms with van der Waals surface area (Å²) in [5, 5.41) is 0. The molecule has 0 fully saturated rings. The molecular formula is C8H14N6+2. The van der Waals surface area contributed by atoms with Gasteiger partial charge in [-0.2, -0.15) is 4.99 Å². The Balaban J connectivity index is 2.60. The molecule has 0 aliphatic carbocycles. The zero-order chi connectivity index (χ0) is 10.4. The lowest BCUT2D eigenvalue weighted by molar-refractivity contribution is -0.536. The van der Waals surface area contributed by atoms with E-state index >= 15 is 0 Å². The van der Waals surface area contributed by atoms with Crippen molar-refractivity contribution in [1.82, 2.24) is 4.98 Å². The van der Waals surface area contributed by atoms with Gasteiger partial charge in [0.2, 0.25) is 0 Å². The molecule has 0 spiro atoms. The van der Waals surface area contributed by atoms with Gasteiger partial charge in [0.05, 0.1) is 6.54 Å². The summed E-state index contributed by atoms with van der Waals surface area (Å²) in [7, 11) is 0. The Hall–Kier alpha value is -2.11. The maximum absolute atomic E-state index is 5.52. The predicted molar refractivity (Wildman–Crippen MR) is 52.4 cm³/mol. The van der Waals surface area contributed by atoms with Gasteiger partial charge < -0.3 is 0 Å². The fourth-order valence-electron chi connectivity index (χ4n) is 0.898. The van der Waals surface area contributed by atoms with Crippen molar-refractivity contribution in [1.29, 1.82) is 0 Å². The normalized spacial score (nSPS) is 11.0. The van der Waals surface area contributed by atoms with E-state index in [1.807, 2.05) is 12.1 Å². The Labute approximate surface area is 81.6 Å². The summed E-state index contributed by atoms with van der Waals surface area (Å²) in [6, 6.07) is 3.77. The monoisotopic (exact) mass is 194 g/mol. The van der Waals surface area contributed by atoms with E-state index in [1.54, 1.807) is 12.4 Å². The van der Waals surface area contributed by atoms with E-state index in [4.69, 9.17) is 17.2 Å². The lowest BCUT2D eigenvalue weighted by atomic mass is 10.3. The first-order chi connectivity index (χ1) is 6.68. The van der Waals surface area contributed by atoms with Gasteiger partial charge in [-0.3, -0.25) is 27.2 Å². The number of hydrogen-bond donors (Lipinski definition) is 5. The number of pyridine rings is 1. The Morgan fingerprint density at radius 1 is 1.21 bits per heavy atom. The average Bonchev–Trinajstić information content (AvgIpc) is 2.15. The van der Waals surface area contributed by atoms with Crippen molar-refractivity contribution in [2.45, 2.75) is 6.54 Å². The minimum Gasteiger partial charge on any atom is -0.275 e. The van der Waals surface area contributed by atoms with Crippen molar-refractivity contribution < 1.29 is 9.98 Å². The molecule has 6 nitrogen and oxygen atoms in total. The molecule has 14 heavy (non-hydrogen) atoms. The number of guanidine groups is 2. The highest BCUT2D eigenvalue weighted by Crippen LogP contribution is 1.90. The van der Waals surface area contributed by atoms with Crippen LogP contribution in [0.15, 0.2) is 24.5 Å². The highest BCUT2D eigenvalue weighted by molar-refractivity contribution is 5.75. The molecular weight excluding hydrogens is 180 g/mol. The van der Waals surface area contributed by atoms with Crippen LogP contribution < -0.4 is 27.2 Å². The number of nitrogens with zero attached hydrogens (tertiary/aromatic N) is 1. The first-order valence-electron chi connectivity index (χ1n) is 4.08. The highest BCUT2D eigenvalue weighted by atomic mass is 15.1. The molecule has 1 aromatic heterocycles. The zero-order valence-electron chi connectivity index (χ0n) is 7.70. The molecule has 0 aliphatic rings. The third-order valence-electron chi connectivity index (χ3n) is 1.51. The van der Waals surface area contributed by atoms with Gasteiger partial charge in [-0.05, 0) is 17.7 Å². The minimum atomic E-state index is 0.0599. The van der Waals surface area contributed by atoms with Gasteiger partial charge in [-0.1, -0.05) is 0 Å². The number of rotatable bonds is 2. The summed E-state index contributed by atoms with van der Waals surface area (Å²) in [5.41, 5.74) is 17.0. The lowest BCUT2D eigenvalue weighted by Crippen LogP contribution is -2.97. The van der Waals surface area contributed by atoms with Crippen LogP contribution in [0.3, 0.4) is 0 Å². The van der Waals surface area contributed by atoms with Crippen LogP contribution in [0.25, 0.3) is 0 Å². The van der Waals surface area contributed by atoms with Crippen LogP contribution in [0, 0.1) is 0 Å². The number of aromatic nitrogens is 1. The van der Waals surface area contributed by atoms with Crippen molar-refractivity contribution >= 4 is 11.9 Å². The third kappa shape index (κ3) is 3.53. The Kier molecular flexibility index (Phi) is 3.42. The molecule has 0 saturated carbocycles. The molecule has 0 aromatic carbocycles. The van der Waals surface area contributed by atoms with E-state index in [9.17, 15) is 0 Å². The van der Waals surface area contributed by atoms with Crippen LogP contribution in [-0.2, 0) is 6.54 Å². The molecule has 0 bridgehead atoms. The van der Waals surface area contributed by atoms with Crippen LogP contribution >= 0.6 is 0 Å². The zero-order valence-corrected chi connectivity index (χ0v) is 7.70. The second kappa shape index (κ2) is 4.80. The summed E-state index contributed by atoms with van der Waals surface area (Å²) in [4.78, 5) is 9.35. The van der Waals surface area contributed by atoms with Crippen molar-refractivity contribution in [3.8, 4) is 0 Å². The van der Waals surface area contributed by atoms with Crippen LogP contribution in [0.2, 0.25) is 0 Å². The van der Waals surface area contributed by atoms with E-state index in [2.05, 4.69) is 15.0 Å². The van der Waals surface area contributed by atoms with Gasteiger partial charge in [-0.25, -0.2) is 0 Å². The van der Waals surface area contributed by atoms with Crippen LogP contribution in [-0.4, -0.2) is 16.9 Å². The van der Waals surface area contributed by atoms with Gasteiger partial charge in [0, 0.05) is 12.4 Å². The predicted octanol–water partition coefficient (Wildman–Crippen LogP) is -4.67. The van der Waals surface area contributed by atoms with E-state index in [-0.39, 0.29) is 5.96 Å². The molecule has 0 radical (unpaired) electrons. The number of nitrogens with one attached hydrogen (secondary N) is 2. The van der Waals surface area contributed by atoms with Crippen LogP contribution in [0.5, 0.6) is 0 Å². The lowest BCUT2D eigenvalue weighted by Gasteiger charge is -1.92. The average molecular weight is 194 g/mol. The van der Waals surface area contributed by atoms with Crippen molar-refractivity contribution in [3.05, 3.63) is 30.1 Å². The highest BCUT2D eigenvalue weighted by Gasteiger charge is 1.97. The molecule has 74 valence electrons. The van der Waals surface area contributed by atoms with Gasteiger partial charge in [0.15, 0.2) is 0 Å². The van der Waals surface area contributed by atoms with Gasteiger partial charge in [-0.15, -0.1) is 0 Å². The van der Waals surface area contributed by atoms with Crippen LogP contribution in [0.1, 0.15) is 5.56 Å². The molecule has 1 heterocycles.